The van der Waals surface area contributed by atoms with Crippen molar-refractivity contribution >= 4 is 11.9 Å². The summed E-state index contributed by atoms with van der Waals surface area (Å²) >= 11 is 0. The Bertz CT molecular complexity index is 693. The molecule has 0 rings (SSSR count). The Morgan fingerprint density at radius 2 is 0.977 bits per heavy atom. The van der Waals surface area contributed by atoms with Crippen molar-refractivity contribution < 1.29 is 19.4 Å². The van der Waals surface area contributed by atoms with Gasteiger partial charge in [0.25, 0.3) is 0 Å². The number of aliphatic carboxylic acids is 1. The molecule has 0 aromatic heterocycles. The van der Waals surface area contributed by atoms with Crippen LogP contribution in [0.25, 0.3) is 0 Å². The normalized spacial score (nSPS) is 12.6. The highest BCUT2D eigenvalue weighted by Gasteiger charge is 2.11. The fraction of sp³-hybridized carbons (Fsp3) is 0.795. The van der Waals surface area contributed by atoms with Gasteiger partial charge in [0.15, 0.2) is 0 Å². The first-order valence-electron chi connectivity index (χ1n) is 18.5. The highest BCUT2D eigenvalue weighted by Crippen LogP contribution is 2.15. The summed E-state index contributed by atoms with van der Waals surface area (Å²) in [5, 5.41) is 8.80. The maximum absolute atomic E-state index is 12.5. The fourth-order valence-corrected chi connectivity index (χ4v) is 5.30. The third-order valence-electron chi connectivity index (χ3n) is 8.07. The number of unbranched alkanes of at least 4 members (excludes halogenated alkanes) is 20. The van der Waals surface area contributed by atoms with Crippen LogP contribution in [0.3, 0.4) is 0 Å². The van der Waals surface area contributed by atoms with Gasteiger partial charge in [-0.3, -0.25) is 9.59 Å². The molecule has 0 aromatic rings. The van der Waals surface area contributed by atoms with Gasteiger partial charge in [0.2, 0.25) is 0 Å². The van der Waals surface area contributed by atoms with Crippen molar-refractivity contribution in [2.24, 2.45) is 0 Å². The number of hydrogen-bond acceptors (Lipinski definition) is 3. The molecular weight excluding hydrogens is 532 g/mol. The zero-order chi connectivity index (χ0) is 31.5. The van der Waals surface area contributed by atoms with Crippen LogP contribution in [0.5, 0.6) is 0 Å². The molecule has 1 unspecified atom stereocenters. The fourth-order valence-electron chi connectivity index (χ4n) is 5.30. The van der Waals surface area contributed by atoms with E-state index >= 15 is 0 Å². The molecule has 1 atom stereocenters. The summed E-state index contributed by atoms with van der Waals surface area (Å²) in [5.41, 5.74) is 0. The van der Waals surface area contributed by atoms with Gasteiger partial charge in [-0.05, 0) is 76.7 Å². The van der Waals surface area contributed by atoms with Crippen molar-refractivity contribution in [2.75, 3.05) is 0 Å². The number of ether oxygens (including phenoxy) is 1. The predicted molar refractivity (Wildman–Crippen MR) is 186 cm³/mol. The highest BCUT2D eigenvalue weighted by atomic mass is 16.5. The molecule has 0 aliphatic carbocycles. The van der Waals surface area contributed by atoms with Gasteiger partial charge < -0.3 is 9.84 Å². The lowest BCUT2D eigenvalue weighted by molar-refractivity contribution is -0.147. The van der Waals surface area contributed by atoms with Gasteiger partial charge in [0.05, 0.1) is 0 Å². The minimum atomic E-state index is -0.723. The van der Waals surface area contributed by atoms with Crippen molar-refractivity contribution in [3.05, 3.63) is 36.5 Å². The lowest BCUT2D eigenvalue weighted by Crippen LogP contribution is -2.16. The quantitative estimate of drug-likeness (QED) is 0.0461. The van der Waals surface area contributed by atoms with E-state index in [0.29, 0.717) is 6.42 Å². The summed E-state index contributed by atoms with van der Waals surface area (Å²) in [6.45, 7) is 4.49. The Morgan fingerprint density at radius 3 is 1.56 bits per heavy atom. The molecule has 4 nitrogen and oxygen atoms in total. The van der Waals surface area contributed by atoms with Gasteiger partial charge in [0.1, 0.15) is 6.10 Å². The number of allylic oxidation sites excluding steroid dienone is 5. The summed E-state index contributed by atoms with van der Waals surface area (Å²) in [6, 6.07) is 0. The summed E-state index contributed by atoms with van der Waals surface area (Å²) < 4.78 is 5.85. The molecule has 0 saturated carbocycles. The maximum Gasteiger partial charge on any atom is 0.306 e. The average Bonchev–Trinajstić information content (AvgIpc) is 2.99. The minimum Gasteiger partial charge on any atom is -0.481 e. The van der Waals surface area contributed by atoms with E-state index in [4.69, 9.17) is 9.84 Å². The zero-order valence-corrected chi connectivity index (χ0v) is 28.5. The Morgan fingerprint density at radius 1 is 0.535 bits per heavy atom. The number of carboxylic acid groups (broad SMARTS) is 1. The molecule has 0 bridgehead atoms. The summed E-state index contributed by atoms with van der Waals surface area (Å²) in [7, 11) is 0. The molecule has 0 amide bonds. The molecule has 0 spiro atoms. The van der Waals surface area contributed by atoms with E-state index in [-0.39, 0.29) is 18.5 Å². The Kier molecular flexibility index (Phi) is 33.2. The van der Waals surface area contributed by atoms with Crippen molar-refractivity contribution in [1.82, 2.24) is 0 Å². The van der Waals surface area contributed by atoms with Crippen molar-refractivity contribution in [3.63, 3.8) is 0 Å². The molecule has 0 radical (unpaired) electrons. The minimum absolute atomic E-state index is 0.0690. The Labute approximate surface area is 267 Å². The number of carbonyl (C=O) groups is 2. The van der Waals surface area contributed by atoms with E-state index in [1.807, 2.05) is 0 Å². The van der Waals surface area contributed by atoms with Crippen LogP contribution in [0, 0.1) is 0 Å². The van der Waals surface area contributed by atoms with Crippen molar-refractivity contribution in [2.45, 2.75) is 200 Å². The van der Waals surface area contributed by atoms with E-state index in [2.05, 4.69) is 50.3 Å². The van der Waals surface area contributed by atoms with Crippen molar-refractivity contribution in [3.8, 4) is 0 Å². The molecule has 1 N–H and O–H groups in total. The first kappa shape index (κ1) is 41.2. The second-order valence-electron chi connectivity index (χ2n) is 12.4. The lowest BCUT2D eigenvalue weighted by Gasteiger charge is -2.15. The average molecular weight is 603 g/mol. The Balaban J connectivity index is 3.89. The van der Waals surface area contributed by atoms with Gasteiger partial charge >= 0.3 is 11.9 Å². The maximum atomic E-state index is 12.5. The second kappa shape index (κ2) is 34.6. The SMILES string of the molecule is CCCCC/C=C\C/C=C\CCCCCCCCCCCC(=O)OC(/C=C\CCCCCCC)CCCCCCC(=O)O. The number of esters is 1. The van der Waals surface area contributed by atoms with Gasteiger partial charge in [-0.25, -0.2) is 0 Å². The molecule has 0 aromatic carbocycles. The largest absolute Gasteiger partial charge is 0.481 e. The van der Waals surface area contributed by atoms with Crippen LogP contribution in [-0.2, 0) is 14.3 Å². The predicted octanol–water partition coefficient (Wildman–Crippen LogP) is 12.6. The van der Waals surface area contributed by atoms with Crippen LogP contribution in [0.2, 0.25) is 0 Å². The van der Waals surface area contributed by atoms with Gasteiger partial charge in [-0.15, -0.1) is 0 Å². The third kappa shape index (κ3) is 34.5. The highest BCUT2D eigenvalue weighted by molar-refractivity contribution is 5.69. The van der Waals surface area contributed by atoms with E-state index in [9.17, 15) is 9.59 Å². The third-order valence-corrected chi connectivity index (χ3v) is 8.07. The first-order chi connectivity index (χ1) is 21.1. The van der Waals surface area contributed by atoms with E-state index in [0.717, 1.165) is 57.8 Å². The Hall–Kier alpha value is -1.84. The van der Waals surface area contributed by atoms with E-state index < -0.39 is 5.97 Å². The van der Waals surface area contributed by atoms with Crippen LogP contribution in [0.15, 0.2) is 36.5 Å². The molecule has 0 heterocycles. The molecule has 0 fully saturated rings. The van der Waals surface area contributed by atoms with Crippen molar-refractivity contribution in [1.29, 1.82) is 0 Å². The number of carbonyl (C=O) groups excluding carboxylic acids is 1. The monoisotopic (exact) mass is 603 g/mol. The molecule has 43 heavy (non-hydrogen) atoms. The molecule has 0 aliphatic rings. The van der Waals surface area contributed by atoms with Crippen LogP contribution in [0.4, 0.5) is 0 Å². The van der Waals surface area contributed by atoms with E-state index in [1.165, 1.54) is 109 Å². The standard InChI is InChI=1S/C39H70O4/c1-3-5-7-9-11-12-13-14-15-16-17-18-19-20-21-22-24-26-32-36-39(42)43-37(33-29-25-23-10-8-6-4-2)34-30-27-28-31-35-38(40)41/h11-12,14-15,29,33,37H,3-10,13,16-28,30-32,34-36H2,1-2H3,(H,40,41)/b12-11-,15-14-,33-29-. The lowest BCUT2D eigenvalue weighted by atomic mass is 10.1. The van der Waals surface area contributed by atoms with Gasteiger partial charge in [-0.2, -0.15) is 0 Å². The molecule has 250 valence electrons. The zero-order valence-electron chi connectivity index (χ0n) is 28.5. The van der Waals surface area contributed by atoms with Crippen LogP contribution in [0.1, 0.15) is 194 Å². The molecule has 0 aliphatic heterocycles. The summed E-state index contributed by atoms with van der Waals surface area (Å²) in [4.78, 5) is 23.2. The first-order valence-corrected chi connectivity index (χ1v) is 18.5. The molecular formula is C39H70O4. The number of hydrogen-bond donors (Lipinski definition) is 1. The van der Waals surface area contributed by atoms with Gasteiger partial charge in [0, 0.05) is 12.8 Å². The topological polar surface area (TPSA) is 63.6 Å². The smallest absolute Gasteiger partial charge is 0.306 e. The number of carboxylic acids is 1. The number of rotatable bonds is 33. The molecule has 4 heteroatoms. The van der Waals surface area contributed by atoms with Crippen LogP contribution >= 0.6 is 0 Å². The molecule has 0 saturated heterocycles. The van der Waals surface area contributed by atoms with Gasteiger partial charge in [-0.1, -0.05) is 141 Å². The van der Waals surface area contributed by atoms with E-state index in [1.54, 1.807) is 0 Å². The second-order valence-corrected chi connectivity index (χ2v) is 12.4. The summed E-state index contributed by atoms with van der Waals surface area (Å²) in [6.07, 6.45) is 44.6. The summed E-state index contributed by atoms with van der Waals surface area (Å²) in [5.74, 6) is -0.791. The van der Waals surface area contributed by atoms with Crippen LogP contribution < -0.4 is 0 Å². The van der Waals surface area contributed by atoms with Crippen LogP contribution in [-0.4, -0.2) is 23.1 Å².